The fraction of sp³-hybridized carbons (Fsp3) is 0.438. The second kappa shape index (κ2) is 5.57. The first-order chi connectivity index (χ1) is 9.33. The minimum absolute atomic E-state index is 0.0120. The van der Waals surface area contributed by atoms with Gasteiger partial charge in [-0.3, -0.25) is 0 Å². The summed E-state index contributed by atoms with van der Waals surface area (Å²) in [6.07, 6.45) is 0.370. The molecule has 2 N–H and O–H groups in total. The molecule has 4 nitrogen and oxygen atoms in total. The highest BCUT2D eigenvalue weighted by atomic mass is 16.6. The molecule has 0 aliphatic rings. The Labute approximate surface area is 119 Å². The van der Waals surface area contributed by atoms with Gasteiger partial charge in [0.1, 0.15) is 5.60 Å². The van der Waals surface area contributed by atoms with E-state index >= 15 is 0 Å². The lowest BCUT2D eigenvalue weighted by Crippen LogP contribution is -2.38. The standard InChI is InChI=1S/C16H22N2O2/c1-11(17-15(19)20-16(2,3)4)9-13-10-12-7-5-6-8-14(12)18-13/h5-8,10-11,18H,9H2,1-4H3,(H,17,19)/t11-/m0/s1. The van der Waals surface area contributed by atoms with Crippen LogP contribution < -0.4 is 5.32 Å². The second-order valence-corrected chi connectivity index (χ2v) is 6.13. The number of carbonyl (C=O) groups is 1. The number of hydrogen-bond donors (Lipinski definition) is 2. The number of aromatic nitrogens is 1. The molecule has 2 rings (SSSR count). The minimum Gasteiger partial charge on any atom is -0.444 e. The molecule has 0 bridgehead atoms. The van der Waals surface area contributed by atoms with Crippen molar-refractivity contribution in [1.82, 2.24) is 10.3 Å². The molecule has 4 heteroatoms. The van der Waals surface area contributed by atoms with Crippen LogP contribution in [-0.2, 0) is 11.2 Å². The average molecular weight is 274 g/mol. The Balaban J connectivity index is 1.94. The topological polar surface area (TPSA) is 54.1 Å². The van der Waals surface area contributed by atoms with Crippen molar-refractivity contribution in [3.8, 4) is 0 Å². The molecule has 0 aliphatic carbocycles. The summed E-state index contributed by atoms with van der Waals surface area (Å²) in [5.74, 6) is 0. The first-order valence-corrected chi connectivity index (χ1v) is 6.89. The zero-order chi connectivity index (χ0) is 14.8. The van der Waals surface area contributed by atoms with Crippen LogP contribution in [0.2, 0.25) is 0 Å². The van der Waals surface area contributed by atoms with E-state index in [0.717, 1.165) is 17.6 Å². The SMILES string of the molecule is C[C@@H](Cc1cc2ccccc2[nH]1)NC(=O)OC(C)(C)C. The Morgan fingerprint density at radius 3 is 2.70 bits per heavy atom. The Kier molecular flexibility index (Phi) is 4.02. The zero-order valence-electron chi connectivity index (χ0n) is 12.5. The van der Waals surface area contributed by atoms with Gasteiger partial charge >= 0.3 is 6.09 Å². The molecule has 0 unspecified atom stereocenters. The molecule has 2 aromatic rings. The van der Waals surface area contributed by atoms with Crippen LogP contribution in [0.5, 0.6) is 0 Å². The molecule has 20 heavy (non-hydrogen) atoms. The molecule has 0 fully saturated rings. The van der Waals surface area contributed by atoms with Crippen LogP contribution in [0.25, 0.3) is 10.9 Å². The Hall–Kier alpha value is -1.97. The summed E-state index contributed by atoms with van der Waals surface area (Å²) in [5.41, 5.74) is 1.76. The lowest BCUT2D eigenvalue weighted by atomic mass is 10.2. The number of aromatic amines is 1. The van der Waals surface area contributed by atoms with Crippen LogP contribution in [0.4, 0.5) is 4.79 Å². The molecule has 0 saturated carbocycles. The van der Waals surface area contributed by atoms with Crippen LogP contribution in [0.15, 0.2) is 30.3 Å². The Morgan fingerprint density at radius 1 is 1.35 bits per heavy atom. The van der Waals surface area contributed by atoms with Gasteiger partial charge in [-0.15, -0.1) is 0 Å². The largest absolute Gasteiger partial charge is 0.444 e. The van der Waals surface area contributed by atoms with E-state index in [1.807, 2.05) is 45.9 Å². The number of H-pyrrole nitrogens is 1. The predicted molar refractivity (Wildman–Crippen MR) is 80.8 cm³/mol. The number of para-hydroxylation sites is 1. The third-order valence-electron chi connectivity index (χ3n) is 2.87. The highest BCUT2D eigenvalue weighted by Gasteiger charge is 2.18. The zero-order valence-corrected chi connectivity index (χ0v) is 12.5. The van der Waals surface area contributed by atoms with Crippen LogP contribution in [0, 0.1) is 0 Å². The summed E-state index contributed by atoms with van der Waals surface area (Å²) in [6.45, 7) is 7.54. The van der Waals surface area contributed by atoms with Crippen molar-refractivity contribution in [3.63, 3.8) is 0 Å². The number of rotatable bonds is 3. The van der Waals surface area contributed by atoms with E-state index < -0.39 is 5.60 Å². The van der Waals surface area contributed by atoms with Gasteiger partial charge in [0.15, 0.2) is 0 Å². The maximum absolute atomic E-state index is 11.7. The van der Waals surface area contributed by atoms with Crippen molar-refractivity contribution in [3.05, 3.63) is 36.0 Å². The molecule has 1 aromatic carbocycles. The second-order valence-electron chi connectivity index (χ2n) is 6.13. The molecular formula is C16H22N2O2. The summed E-state index contributed by atoms with van der Waals surface area (Å²) >= 11 is 0. The third-order valence-corrected chi connectivity index (χ3v) is 2.87. The van der Waals surface area contributed by atoms with Gasteiger partial charge in [0.25, 0.3) is 0 Å². The molecular weight excluding hydrogens is 252 g/mol. The average Bonchev–Trinajstić information content (AvgIpc) is 2.67. The first-order valence-electron chi connectivity index (χ1n) is 6.89. The molecule has 1 aromatic heterocycles. The maximum atomic E-state index is 11.7. The van der Waals surface area contributed by atoms with E-state index in [1.54, 1.807) is 0 Å². The summed E-state index contributed by atoms with van der Waals surface area (Å²) in [4.78, 5) is 15.0. The molecule has 1 amide bonds. The summed E-state index contributed by atoms with van der Waals surface area (Å²) in [6, 6.07) is 10.3. The number of hydrogen-bond acceptors (Lipinski definition) is 2. The predicted octanol–water partition coefficient (Wildman–Crippen LogP) is 3.62. The van der Waals surface area contributed by atoms with Crippen molar-refractivity contribution in [1.29, 1.82) is 0 Å². The lowest BCUT2D eigenvalue weighted by Gasteiger charge is -2.21. The fourth-order valence-electron chi connectivity index (χ4n) is 2.13. The van der Waals surface area contributed by atoms with Gasteiger partial charge in [-0.05, 0) is 45.2 Å². The molecule has 108 valence electrons. The Bertz CT molecular complexity index is 563. The molecule has 1 atom stereocenters. The number of alkyl carbamates (subject to hydrolysis) is 1. The smallest absolute Gasteiger partial charge is 0.407 e. The van der Waals surface area contributed by atoms with Crippen LogP contribution in [0.3, 0.4) is 0 Å². The van der Waals surface area contributed by atoms with Gasteiger partial charge in [-0.1, -0.05) is 18.2 Å². The van der Waals surface area contributed by atoms with Gasteiger partial charge in [0, 0.05) is 23.7 Å². The normalized spacial score (nSPS) is 13.2. The fourth-order valence-corrected chi connectivity index (χ4v) is 2.13. The molecule has 0 aliphatic heterocycles. The van der Waals surface area contributed by atoms with Crippen LogP contribution in [0.1, 0.15) is 33.4 Å². The molecule has 0 saturated heterocycles. The van der Waals surface area contributed by atoms with Gasteiger partial charge < -0.3 is 15.0 Å². The van der Waals surface area contributed by atoms with Gasteiger partial charge in [0.2, 0.25) is 0 Å². The number of benzene rings is 1. The molecule has 0 radical (unpaired) electrons. The van der Waals surface area contributed by atoms with Crippen molar-refractivity contribution in [2.45, 2.75) is 45.8 Å². The van der Waals surface area contributed by atoms with Crippen molar-refractivity contribution < 1.29 is 9.53 Å². The monoisotopic (exact) mass is 274 g/mol. The quantitative estimate of drug-likeness (QED) is 0.898. The number of amides is 1. The van der Waals surface area contributed by atoms with Gasteiger partial charge in [-0.25, -0.2) is 4.79 Å². The molecule has 0 spiro atoms. The highest BCUT2D eigenvalue weighted by molar-refractivity contribution is 5.80. The van der Waals surface area contributed by atoms with Crippen molar-refractivity contribution in [2.24, 2.45) is 0 Å². The number of carbonyl (C=O) groups excluding carboxylic acids is 1. The van der Waals surface area contributed by atoms with E-state index in [1.165, 1.54) is 5.39 Å². The summed E-state index contributed by atoms with van der Waals surface area (Å²) in [5, 5.41) is 4.04. The maximum Gasteiger partial charge on any atom is 0.407 e. The van der Waals surface area contributed by atoms with Crippen molar-refractivity contribution >= 4 is 17.0 Å². The van der Waals surface area contributed by atoms with Crippen LogP contribution in [-0.4, -0.2) is 22.7 Å². The van der Waals surface area contributed by atoms with E-state index in [4.69, 9.17) is 4.74 Å². The van der Waals surface area contributed by atoms with Gasteiger partial charge in [-0.2, -0.15) is 0 Å². The third kappa shape index (κ3) is 4.02. The number of nitrogens with one attached hydrogen (secondary N) is 2. The molecule has 1 heterocycles. The van der Waals surface area contributed by atoms with Gasteiger partial charge in [0.05, 0.1) is 0 Å². The number of fused-ring (bicyclic) bond motifs is 1. The Morgan fingerprint density at radius 2 is 2.05 bits per heavy atom. The lowest BCUT2D eigenvalue weighted by molar-refractivity contribution is 0.0508. The van der Waals surface area contributed by atoms with E-state index in [2.05, 4.69) is 22.4 Å². The number of ether oxygens (including phenoxy) is 1. The van der Waals surface area contributed by atoms with Crippen molar-refractivity contribution in [2.75, 3.05) is 0 Å². The van der Waals surface area contributed by atoms with Crippen LogP contribution >= 0.6 is 0 Å². The minimum atomic E-state index is -0.467. The van der Waals surface area contributed by atoms with E-state index in [9.17, 15) is 4.79 Å². The summed E-state index contributed by atoms with van der Waals surface area (Å²) < 4.78 is 5.24. The summed E-state index contributed by atoms with van der Waals surface area (Å²) in [7, 11) is 0. The van der Waals surface area contributed by atoms with E-state index in [0.29, 0.717) is 0 Å². The van der Waals surface area contributed by atoms with E-state index in [-0.39, 0.29) is 12.1 Å². The first kappa shape index (κ1) is 14.4. The highest BCUT2D eigenvalue weighted by Crippen LogP contribution is 2.16.